The summed E-state index contributed by atoms with van der Waals surface area (Å²) in [4.78, 5) is 21.2. The lowest BCUT2D eigenvalue weighted by Crippen LogP contribution is -2.60. The molecule has 1 aliphatic carbocycles. The van der Waals surface area contributed by atoms with Gasteiger partial charge in [-0.15, -0.1) is 4.91 Å². The first kappa shape index (κ1) is 10.4. The van der Waals surface area contributed by atoms with Crippen molar-refractivity contribution in [3.63, 3.8) is 0 Å². The number of nitroso groups, excluding NO2 is 1. The summed E-state index contributed by atoms with van der Waals surface area (Å²) in [5.74, 6) is -0.907. The van der Waals surface area contributed by atoms with Crippen LogP contribution in [0, 0.1) is 4.91 Å². The van der Waals surface area contributed by atoms with Crippen molar-refractivity contribution in [2.45, 2.75) is 37.3 Å². The maximum Gasteiger partial charge on any atom is 0.306 e. The zero-order valence-corrected chi connectivity index (χ0v) is 8.39. The van der Waals surface area contributed by atoms with Crippen LogP contribution in [0.2, 0.25) is 0 Å². The maximum atomic E-state index is 10.7. The van der Waals surface area contributed by atoms with E-state index < -0.39 is 12.1 Å². The van der Waals surface area contributed by atoms with Gasteiger partial charge in [0.15, 0.2) is 0 Å². The van der Waals surface area contributed by atoms with Gasteiger partial charge in [0.25, 0.3) is 0 Å². The Morgan fingerprint density at radius 2 is 2.33 bits per heavy atom. The third kappa shape index (κ3) is 1.81. The van der Waals surface area contributed by atoms with Crippen LogP contribution in [0.25, 0.3) is 0 Å². The van der Waals surface area contributed by atoms with Gasteiger partial charge in [-0.2, -0.15) is 0 Å². The molecule has 1 unspecified atom stereocenters. The maximum absolute atomic E-state index is 10.7. The van der Waals surface area contributed by atoms with Gasteiger partial charge in [-0.25, -0.2) is 5.01 Å². The standard InChI is InChI=1S/C9H14N2O4/c12-8(13)4-7-5-11(10-14)9(6-15-7)2-1-3-9/h7H,1-6H2,(H,12,13). The van der Waals surface area contributed by atoms with E-state index in [-0.39, 0.29) is 12.0 Å². The first-order valence-electron chi connectivity index (χ1n) is 5.11. The highest BCUT2D eigenvalue weighted by Gasteiger charge is 2.47. The summed E-state index contributed by atoms with van der Waals surface area (Å²) in [7, 11) is 0. The first-order chi connectivity index (χ1) is 7.16. The van der Waals surface area contributed by atoms with Gasteiger partial charge in [0.2, 0.25) is 0 Å². The Morgan fingerprint density at radius 1 is 1.60 bits per heavy atom. The summed E-state index contributed by atoms with van der Waals surface area (Å²) < 4.78 is 5.46. The molecule has 15 heavy (non-hydrogen) atoms. The molecule has 0 aromatic rings. The predicted octanol–water partition coefficient (Wildman–Crippen LogP) is 0.766. The number of ether oxygens (including phenoxy) is 1. The normalized spacial score (nSPS) is 28.5. The number of morpholine rings is 1. The quantitative estimate of drug-likeness (QED) is 0.702. The van der Waals surface area contributed by atoms with Crippen molar-refractivity contribution in [2.24, 2.45) is 5.29 Å². The van der Waals surface area contributed by atoms with E-state index in [0.717, 1.165) is 19.3 Å². The van der Waals surface area contributed by atoms with Gasteiger partial charge >= 0.3 is 5.97 Å². The highest BCUT2D eigenvalue weighted by atomic mass is 16.5. The van der Waals surface area contributed by atoms with Gasteiger partial charge in [-0.1, -0.05) is 0 Å². The van der Waals surface area contributed by atoms with E-state index in [2.05, 4.69) is 5.29 Å². The van der Waals surface area contributed by atoms with Crippen LogP contribution < -0.4 is 0 Å². The number of carboxylic acids is 1. The number of carboxylic acid groups (broad SMARTS) is 1. The van der Waals surface area contributed by atoms with E-state index in [1.54, 1.807) is 0 Å². The Morgan fingerprint density at radius 3 is 2.80 bits per heavy atom. The Balaban J connectivity index is 1.97. The molecule has 6 nitrogen and oxygen atoms in total. The third-order valence-corrected chi connectivity index (χ3v) is 3.30. The molecule has 6 heteroatoms. The molecule has 1 aliphatic heterocycles. The highest BCUT2D eigenvalue weighted by Crippen LogP contribution is 2.41. The second-order valence-corrected chi connectivity index (χ2v) is 4.27. The number of carbonyl (C=O) groups is 1. The van der Waals surface area contributed by atoms with Crippen molar-refractivity contribution in [1.29, 1.82) is 0 Å². The minimum Gasteiger partial charge on any atom is -0.481 e. The highest BCUT2D eigenvalue weighted by molar-refractivity contribution is 5.67. The molecule has 1 N–H and O–H groups in total. The van der Waals surface area contributed by atoms with Crippen molar-refractivity contribution < 1.29 is 14.6 Å². The van der Waals surface area contributed by atoms with Crippen molar-refractivity contribution in [1.82, 2.24) is 5.01 Å². The zero-order valence-electron chi connectivity index (χ0n) is 8.39. The van der Waals surface area contributed by atoms with E-state index in [9.17, 15) is 9.70 Å². The topological polar surface area (TPSA) is 79.2 Å². The molecule has 2 rings (SSSR count). The van der Waals surface area contributed by atoms with E-state index >= 15 is 0 Å². The molecule has 2 fully saturated rings. The minimum absolute atomic E-state index is 0.0674. The van der Waals surface area contributed by atoms with Crippen LogP contribution in [0.5, 0.6) is 0 Å². The lowest BCUT2D eigenvalue weighted by atomic mass is 9.76. The smallest absolute Gasteiger partial charge is 0.306 e. The fraction of sp³-hybridized carbons (Fsp3) is 0.889. The SMILES string of the molecule is O=NN1CC(CC(=O)O)OCC12CCC2. The van der Waals surface area contributed by atoms with E-state index in [0.29, 0.717) is 13.2 Å². The molecule has 1 saturated carbocycles. The second-order valence-electron chi connectivity index (χ2n) is 4.27. The average Bonchev–Trinajstić information content (AvgIpc) is 2.14. The average molecular weight is 214 g/mol. The van der Waals surface area contributed by atoms with Crippen LogP contribution in [0.15, 0.2) is 5.29 Å². The Bertz CT molecular complexity index is 277. The summed E-state index contributed by atoms with van der Waals surface area (Å²) >= 11 is 0. The molecule has 0 bridgehead atoms. The molecule has 0 aromatic carbocycles. The number of hydrogen-bond acceptors (Lipinski definition) is 4. The van der Waals surface area contributed by atoms with Crippen LogP contribution in [0.1, 0.15) is 25.7 Å². The summed E-state index contributed by atoms with van der Waals surface area (Å²) in [5.41, 5.74) is -0.225. The molecule has 0 aromatic heterocycles. The van der Waals surface area contributed by atoms with Gasteiger partial charge in [0.05, 0.1) is 36.5 Å². The van der Waals surface area contributed by atoms with Gasteiger partial charge in [-0.05, 0) is 19.3 Å². The molecular formula is C9H14N2O4. The van der Waals surface area contributed by atoms with E-state index in [1.807, 2.05) is 0 Å². The van der Waals surface area contributed by atoms with E-state index in [1.165, 1.54) is 5.01 Å². The van der Waals surface area contributed by atoms with E-state index in [4.69, 9.17) is 9.84 Å². The van der Waals surface area contributed by atoms with Gasteiger partial charge in [0, 0.05) is 0 Å². The minimum atomic E-state index is -0.907. The number of nitrogens with zero attached hydrogens (tertiary/aromatic N) is 2. The summed E-state index contributed by atoms with van der Waals surface area (Å²) in [6.07, 6.45) is 2.43. The van der Waals surface area contributed by atoms with Crippen LogP contribution in [0.3, 0.4) is 0 Å². The lowest BCUT2D eigenvalue weighted by Gasteiger charge is -2.51. The van der Waals surface area contributed by atoms with Gasteiger partial charge in [0.1, 0.15) is 0 Å². The van der Waals surface area contributed by atoms with Crippen LogP contribution in [-0.4, -0.2) is 40.9 Å². The van der Waals surface area contributed by atoms with Crippen molar-refractivity contribution in [3.8, 4) is 0 Å². The van der Waals surface area contributed by atoms with Crippen LogP contribution >= 0.6 is 0 Å². The van der Waals surface area contributed by atoms with Crippen molar-refractivity contribution >= 4 is 5.97 Å². The van der Waals surface area contributed by atoms with Crippen molar-refractivity contribution in [2.75, 3.05) is 13.2 Å². The number of hydrogen-bond donors (Lipinski definition) is 1. The van der Waals surface area contributed by atoms with Gasteiger partial charge < -0.3 is 9.84 Å². The molecular weight excluding hydrogens is 200 g/mol. The molecule has 2 aliphatic rings. The number of rotatable bonds is 3. The molecule has 1 heterocycles. The zero-order chi connectivity index (χ0) is 10.9. The first-order valence-corrected chi connectivity index (χ1v) is 5.11. The lowest BCUT2D eigenvalue weighted by molar-refractivity contribution is -0.159. The van der Waals surface area contributed by atoms with Gasteiger partial charge in [-0.3, -0.25) is 4.79 Å². The molecule has 1 atom stereocenters. The molecule has 84 valence electrons. The summed E-state index contributed by atoms with van der Waals surface area (Å²) in [6, 6.07) is 0. The largest absolute Gasteiger partial charge is 0.481 e. The van der Waals surface area contributed by atoms with Crippen LogP contribution in [0.4, 0.5) is 0 Å². The molecule has 1 spiro atoms. The summed E-state index contributed by atoms with van der Waals surface area (Å²) in [5, 5.41) is 13.1. The Labute approximate surface area is 87.1 Å². The summed E-state index contributed by atoms with van der Waals surface area (Å²) in [6.45, 7) is 0.729. The molecule has 0 radical (unpaired) electrons. The predicted molar refractivity (Wildman–Crippen MR) is 51.1 cm³/mol. The molecule has 0 amide bonds. The number of aliphatic carboxylic acids is 1. The molecule has 1 saturated heterocycles. The van der Waals surface area contributed by atoms with Crippen molar-refractivity contribution in [3.05, 3.63) is 4.91 Å². The van der Waals surface area contributed by atoms with Crippen LogP contribution in [-0.2, 0) is 9.53 Å². The fourth-order valence-electron chi connectivity index (χ4n) is 2.21. The second kappa shape index (κ2) is 3.77. The third-order valence-electron chi connectivity index (χ3n) is 3.30. The Kier molecular flexibility index (Phi) is 2.60. The monoisotopic (exact) mass is 214 g/mol. The fourth-order valence-corrected chi connectivity index (χ4v) is 2.21. The Hall–Kier alpha value is -1.17.